The van der Waals surface area contributed by atoms with E-state index in [4.69, 9.17) is 0 Å². The third-order valence-electron chi connectivity index (χ3n) is 3.18. The van der Waals surface area contributed by atoms with Gasteiger partial charge < -0.3 is 0 Å². The number of allylic oxidation sites excluding steroid dienone is 1. The van der Waals surface area contributed by atoms with Crippen LogP contribution in [-0.2, 0) is 9.84 Å². The Morgan fingerprint density at radius 3 is 2.40 bits per heavy atom. The fraction of sp³-hybridized carbons (Fsp3) is 0.176. The van der Waals surface area contributed by atoms with Gasteiger partial charge in [-0.05, 0) is 48.2 Å². The normalized spacial score (nSPS) is 11.9. The standard InChI is InChI=1S/C17H18O2S/c1-4-6-14-9-10-17(13(2)11-14)15-7-5-8-16(12-15)20(3,18)19/h4-12H,1-3H3/b6-4+. The van der Waals surface area contributed by atoms with E-state index in [2.05, 4.69) is 6.07 Å². The first-order chi connectivity index (χ1) is 9.41. The molecule has 3 heteroatoms. The van der Waals surface area contributed by atoms with Crippen LogP contribution in [0.1, 0.15) is 18.1 Å². The molecule has 0 spiro atoms. The lowest BCUT2D eigenvalue weighted by Gasteiger charge is -2.09. The SMILES string of the molecule is C/C=C/c1ccc(-c2cccc(S(C)(=O)=O)c2)c(C)c1. The number of aryl methyl sites for hydroxylation is 1. The molecule has 0 unspecified atom stereocenters. The van der Waals surface area contributed by atoms with Crippen molar-refractivity contribution in [2.45, 2.75) is 18.7 Å². The summed E-state index contributed by atoms with van der Waals surface area (Å²) in [5, 5.41) is 0. The second kappa shape index (κ2) is 5.63. The van der Waals surface area contributed by atoms with E-state index in [-0.39, 0.29) is 0 Å². The maximum Gasteiger partial charge on any atom is 0.175 e. The van der Waals surface area contributed by atoms with E-state index < -0.39 is 9.84 Å². The Balaban J connectivity index is 2.52. The van der Waals surface area contributed by atoms with Gasteiger partial charge in [-0.25, -0.2) is 8.42 Å². The van der Waals surface area contributed by atoms with Gasteiger partial charge >= 0.3 is 0 Å². The van der Waals surface area contributed by atoms with Crippen LogP contribution in [0, 0.1) is 6.92 Å². The topological polar surface area (TPSA) is 34.1 Å². The maximum atomic E-state index is 11.6. The van der Waals surface area contributed by atoms with Crippen molar-refractivity contribution >= 4 is 15.9 Å². The van der Waals surface area contributed by atoms with Crippen molar-refractivity contribution in [2.24, 2.45) is 0 Å². The Bertz CT molecular complexity index is 756. The molecule has 0 heterocycles. The smallest absolute Gasteiger partial charge is 0.175 e. The molecule has 0 saturated heterocycles. The fourth-order valence-corrected chi connectivity index (χ4v) is 2.87. The van der Waals surface area contributed by atoms with Gasteiger partial charge in [-0.2, -0.15) is 0 Å². The molecule has 0 fully saturated rings. The molecular weight excluding hydrogens is 268 g/mol. The maximum absolute atomic E-state index is 11.6. The zero-order valence-electron chi connectivity index (χ0n) is 11.9. The first-order valence-electron chi connectivity index (χ1n) is 6.45. The summed E-state index contributed by atoms with van der Waals surface area (Å²) in [4.78, 5) is 0.354. The molecule has 104 valence electrons. The van der Waals surface area contributed by atoms with E-state index in [1.807, 2.05) is 44.2 Å². The molecular formula is C17H18O2S. The average molecular weight is 286 g/mol. The average Bonchev–Trinajstić information content (AvgIpc) is 2.38. The van der Waals surface area contributed by atoms with Gasteiger partial charge in [-0.15, -0.1) is 0 Å². The molecule has 0 aromatic heterocycles. The monoisotopic (exact) mass is 286 g/mol. The molecule has 0 aliphatic heterocycles. The van der Waals surface area contributed by atoms with Gasteiger partial charge in [-0.1, -0.05) is 42.5 Å². The molecule has 2 aromatic rings. The number of hydrogen-bond acceptors (Lipinski definition) is 2. The third kappa shape index (κ3) is 3.17. The lowest BCUT2D eigenvalue weighted by Crippen LogP contribution is -1.97. The molecule has 0 saturated carbocycles. The van der Waals surface area contributed by atoms with E-state index in [1.54, 1.807) is 18.2 Å². The van der Waals surface area contributed by atoms with E-state index in [1.165, 1.54) is 6.26 Å². The molecule has 0 aliphatic rings. The molecule has 2 nitrogen and oxygen atoms in total. The van der Waals surface area contributed by atoms with Crippen LogP contribution < -0.4 is 0 Å². The van der Waals surface area contributed by atoms with E-state index >= 15 is 0 Å². The minimum absolute atomic E-state index is 0.354. The molecule has 0 atom stereocenters. The van der Waals surface area contributed by atoms with Crippen molar-refractivity contribution in [1.82, 2.24) is 0 Å². The van der Waals surface area contributed by atoms with Gasteiger partial charge in [0.2, 0.25) is 0 Å². The summed E-state index contributed by atoms with van der Waals surface area (Å²) in [6, 6.07) is 13.2. The van der Waals surface area contributed by atoms with Crippen molar-refractivity contribution in [2.75, 3.05) is 6.26 Å². The zero-order valence-corrected chi connectivity index (χ0v) is 12.7. The predicted molar refractivity (Wildman–Crippen MR) is 84.4 cm³/mol. The first kappa shape index (κ1) is 14.5. The first-order valence-corrected chi connectivity index (χ1v) is 8.35. The van der Waals surface area contributed by atoms with Gasteiger partial charge in [0.1, 0.15) is 0 Å². The molecule has 0 bridgehead atoms. The second-order valence-corrected chi connectivity index (χ2v) is 6.89. The Morgan fingerprint density at radius 1 is 1.05 bits per heavy atom. The largest absolute Gasteiger partial charge is 0.224 e. The van der Waals surface area contributed by atoms with E-state index in [9.17, 15) is 8.42 Å². The van der Waals surface area contributed by atoms with Crippen molar-refractivity contribution in [3.05, 3.63) is 59.7 Å². The van der Waals surface area contributed by atoms with Gasteiger partial charge in [0.25, 0.3) is 0 Å². The van der Waals surface area contributed by atoms with Crippen LogP contribution in [0.3, 0.4) is 0 Å². The summed E-state index contributed by atoms with van der Waals surface area (Å²) in [7, 11) is -3.17. The van der Waals surface area contributed by atoms with Crippen molar-refractivity contribution in [3.8, 4) is 11.1 Å². The Labute approximate surface area is 120 Å². The number of rotatable bonds is 3. The zero-order chi connectivity index (χ0) is 14.8. The van der Waals surface area contributed by atoms with Crippen LogP contribution in [0.5, 0.6) is 0 Å². The van der Waals surface area contributed by atoms with Crippen molar-refractivity contribution < 1.29 is 8.42 Å². The highest BCUT2D eigenvalue weighted by Crippen LogP contribution is 2.26. The number of hydrogen-bond donors (Lipinski definition) is 0. The van der Waals surface area contributed by atoms with Crippen molar-refractivity contribution in [3.63, 3.8) is 0 Å². The fourth-order valence-electron chi connectivity index (χ4n) is 2.20. The van der Waals surface area contributed by atoms with Gasteiger partial charge in [-0.3, -0.25) is 0 Å². The summed E-state index contributed by atoms with van der Waals surface area (Å²) in [5.74, 6) is 0. The molecule has 2 aromatic carbocycles. The lowest BCUT2D eigenvalue weighted by atomic mass is 9.98. The predicted octanol–water partition coefficient (Wildman–Crippen LogP) is 4.10. The molecule has 0 radical (unpaired) electrons. The van der Waals surface area contributed by atoms with E-state index in [0.29, 0.717) is 4.90 Å². The lowest BCUT2D eigenvalue weighted by molar-refractivity contribution is 0.602. The van der Waals surface area contributed by atoms with E-state index in [0.717, 1.165) is 22.3 Å². The number of sulfone groups is 1. The summed E-state index contributed by atoms with van der Waals surface area (Å²) >= 11 is 0. The minimum atomic E-state index is -3.17. The minimum Gasteiger partial charge on any atom is -0.224 e. The number of benzene rings is 2. The third-order valence-corrected chi connectivity index (χ3v) is 4.29. The van der Waals surface area contributed by atoms with Gasteiger partial charge in [0, 0.05) is 6.26 Å². The van der Waals surface area contributed by atoms with Crippen LogP contribution >= 0.6 is 0 Å². The highest BCUT2D eigenvalue weighted by atomic mass is 32.2. The second-order valence-electron chi connectivity index (χ2n) is 4.87. The Morgan fingerprint density at radius 2 is 1.80 bits per heavy atom. The highest BCUT2D eigenvalue weighted by molar-refractivity contribution is 7.90. The summed E-state index contributed by atoms with van der Waals surface area (Å²) in [5.41, 5.74) is 4.26. The molecule has 0 N–H and O–H groups in total. The summed E-state index contributed by atoms with van der Waals surface area (Å²) < 4.78 is 23.3. The quantitative estimate of drug-likeness (QED) is 0.851. The molecule has 20 heavy (non-hydrogen) atoms. The summed E-state index contributed by atoms with van der Waals surface area (Å²) in [6.07, 6.45) is 5.27. The Hall–Kier alpha value is -1.87. The molecule has 0 aliphatic carbocycles. The highest BCUT2D eigenvalue weighted by Gasteiger charge is 2.09. The van der Waals surface area contributed by atoms with Crippen LogP contribution in [0.25, 0.3) is 17.2 Å². The summed E-state index contributed by atoms with van der Waals surface area (Å²) in [6.45, 7) is 4.02. The van der Waals surface area contributed by atoms with Gasteiger partial charge in [0.05, 0.1) is 4.90 Å². The van der Waals surface area contributed by atoms with Crippen LogP contribution in [0.2, 0.25) is 0 Å². The van der Waals surface area contributed by atoms with Crippen LogP contribution in [0.15, 0.2) is 53.4 Å². The van der Waals surface area contributed by atoms with Crippen molar-refractivity contribution in [1.29, 1.82) is 0 Å². The Kier molecular flexibility index (Phi) is 4.09. The van der Waals surface area contributed by atoms with Crippen LogP contribution in [-0.4, -0.2) is 14.7 Å². The van der Waals surface area contributed by atoms with Crippen LogP contribution in [0.4, 0.5) is 0 Å². The molecule has 2 rings (SSSR count). The molecule has 0 amide bonds. The van der Waals surface area contributed by atoms with Gasteiger partial charge in [0.15, 0.2) is 9.84 Å².